The summed E-state index contributed by atoms with van der Waals surface area (Å²) >= 11 is 0. The maximum Gasteiger partial charge on any atom is 0.348 e. The molecule has 2 rings (SSSR count). The summed E-state index contributed by atoms with van der Waals surface area (Å²) in [7, 11) is 0. The Balaban J connectivity index is 2.35. The molecule has 1 N–H and O–H groups in total. The van der Waals surface area contributed by atoms with Gasteiger partial charge >= 0.3 is 12.3 Å². The lowest BCUT2D eigenvalue weighted by Crippen LogP contribution is -2.23. The van der Waals surface area contributed by atoms with Crippen molar-refractivity contribution in [1.29, 1.82) is 0 Å². The number of H-pyrrole nitrogens is 1. The third kappa shape index (κ3) is 2.15. The van der Waals surface area contributed by atoms with E-state index >= 15 is 0 Å². The second-order valence-electron chi connectivity index (χ2n) is 3.46. The minimum atomic E-state index is -4.21. The van der Waals surface area contributed by atoms with Gasteiger partial charge in [-0.1, -0.05) is 30.3 Å². The summed E-state index contributed by atoms with van der Waals surface area (Å²) in [6.07, 6.45) is -3.76. The largest absolute Gasteiger partial charge is 0.348 e. The summed E-state index contributed by atoms with van der Waals surface area (Å²) in [5.41, 5.74) is -0.0904. The van der Waals surface area contributed by atoms with E-state index < -0.39 is 18.0 Å². The van der Waals surface area contributed by atoms with Crippen molar-refractivity contribution in [3.05, 3.63) is 42.1 Å². The molecular formula is C11H8F4N2. The molecule has 17 heavy (non-hydrogen) atoms. The van der Waals surface area contributed by atoms with Gasteiger partial charge in [0.1, 0.15) is 5.69 Å². The van der Waals surface area contributed by atoms with Gasteiger partial charge in [0.2, 0.25) is 0 Å². The maximum absolute atomic E-state index is 13.0. The van der Waals surface area contributed by atoms with Crippen LogP contribution in [0.1, 0.15) is 5.69 Å². The van der Waals surface area contributed by atoms with Crippen LogP contribution in [0.5, 0.6) is 0 Å². The van der Waals surface area contributed by atoms with Crippen molar-refractivity contribution in [2.75, 3.05) is 0 Å². The van der Waals surface area contributed by atoms with Crippen molar-refractivity contribution in [3.8, 4) is 11.3 Å². The Hall–Kier alpha value is -1.85. The Labute approximate surface area is 94.3 Å². The zero-order valence-corrected chi connectivity index (χ0v) is 8.50. The average molecular weight is 244 g/mol. The second-order valence-corrected chi connectivity index (χ2v) is 3.46. The lowest BCUT2D eigenvalue weighted by Gasteiger charge is -2.11. The third-order valence-corrected chi connectivity index (χ3v) is 2.28. The van der Waals surface area contributed by atoms with E-state index in [1.54, 1.807) is 30.3 Å². The standard InChI is InChI=1S/C11H8F4N2/c12-10(13)11(14,15)9-6-8(16-17-9)7-4-2-1-3-5-7/h1-6,10H,(H,16,17). The highest BCUT2D eigenvalue weighted by molar-refractivity contribution is 5.59. The monoisotopic (exact) mass is 244 g/mol. The summed E-state index contributed by atoms with van der Waals surface area (Å²) in [6.45, 7) is 0. The van der Waals surface area contributed by atoms with Crippen LogP contribution in [0.3, 0.4) is 0 Å². The third-order valence-electron chi connectivity index (χ3n) is 2.28. The molecule has 0 aliphatic rings. The first kappa shape index (κ1) is 11.6. The van der Waals surface area contributed by atoms with E-state index in [9.17, 15) is 17.6 Å². The fourth-order valence-corrected chi connectivity index (χ4v) is 1.37. The van der Waals surface area contributed by atoms with E-state index in [0.717, 1.165) is 6.07 Å². The Kier molecular flexibility index (Phi) is 2.87. The molecule has 0 spiro atoms. The molecule has 0 amide bonds. The van der Waals surface area contributed by atoms with Gasteiger partial charge in [0.25, 0.3) is 0 Å². The summed E-state index contributed by atoms with van der Waals surface area (Å²) in [4.78, 5) is 0. The van der Waals surface area contributed by atoms with E-state index in [4.69, 9.17) is 0 Å². The zero-order valence-electron chi connectivity index (χ0n) is 8.50. The Bertz CT molecular complexity index is 493. The topological polar surface area (TPSA) is 28.7 Å². The molecule has 0 radical (unpaired) electrons. The van der Waals surface area contributed by atoms with Crippen molar-refractivity contribution in [2.24, 2.45) is 0 Å². The van der Waals surface area contributed by atoms with Crippen LogP contribution in [0.2, 0.25) is 0 Å². The number of aromatic nitrogens is 2. The van der Waals surface area contributed by atoms with Gasteiger partial charge in [-0.2, -0.15) is 13.9 Å². The van der Waals surface area contributed by atoms with Crippen molar-refractivity contribution in [3.63, 3.8) is 0 Å². The molecule has 0 fully saturated rings. The van der Waals surface area contributed by atoms with E-state index in [2.05, 4.69) is 5.10 Å². The van der Waals surface area contributed by atoms with Gasteiger partial charge in [0, 0.05) is 5.56 Å². The van der Waals surface area contributed by atoms with Crippen molar-refractivity contribution >= 4 is 0 Å². The molecule has 0 aliphatic carbocycles. The van der Waals surface area contributed by atoms with Gasteiger partial charge in [-0.3, -0.25) is 5.10 Å². The maximum atomic E-state index is 13.0. The molecule has 0 atom stereocenters. The van der Waals surface area contributed by atoms with Gasteiger partial charge < -0.3 is 0 Å². The highest BCUT2D eigenvalue weighted by atomic mass is 19.3. The van der Waals surface area contributed by atoms with Crippen molar-refractivity contribution < 1.29 is 17.6 Å². The Morgan fingerprint density at radius 3 is 2.35 bits per heavy atom. The minimum Gasteiger partial charge on any atom is -0.276 e. The fourth-order valence-electron chi connectivity index (χ4n) is 1.37. The van der Waals surface area contributed by atoms with Crippen LogP contribution in [-0.4, -0.2) is 16.6 Å². The van der Waals surface area contributed by atoms with Gasteiger partial charge in [0.15, 0.2) is 0 Å². The van der Waals surface area contributed by atoms with Crippen LogP contribution < -0.4 is 0 Å². The summed E-state index contributed by atoms with van der Waals surface area (Å²) in [5, 5.41) is 5.54. The quantitative estimate of drug-likeness (QED) is 0.823. The number of nitrogens with zero attached hydrogens (tertiary/aromatic N) is 1. The number of nitrogens with one attached hydrogen (secondary N) is 1. The van der Waals surface area contributed by atoms with Crippen LogP contribution in [0.25, 0.3) is 11.3 Å². The number of hydrogen-bond donors (Lipinski definition) is 1. The van der Waals surface area contributed by atoms with Gasteiger partial charge in [0.05, 0.1) is 5.69 Å². The molecule has 1 aromatic heterocycles. The van der Waals surface area contributed by atoms with E-state index in [1.165, 1.54) is 0 Å². The predicted molar refractivity (Wildman–Crippen MR) is 53.9 cm³/mol. The lowest BCUT2D eigenvalue weighted by atomic mass is 10.1. The van der Waals surface area contributed by atoms with Gasteiger partial charge in [-0.15, -0.1) is 0 Å². The molecule has 6 heteroatoms. The SMILES string of the molecule is FC(F)C(F)(F)c1cc(-c2ccccc2)n[nH]1. The zero-order chi connectivity index (χ0) is 12.5. The first-order valence-corrected chi connectivity index (χ1v) is 4.79. The number of hydrogen-bond acceptors (Lipinski definition) is 1. The first-order chi connectivity index (χ1) is 8.01. The lowest BCUT2D eigenvalue weighted by molar-refractivity contribution is -0.137. The number of aromatic amines is 1. The number of halogens is 4. The minimum absolute atomic E-state index is 0.209. The van der Waals surface area contributed by atoms with Crippen LogP contribution in [0.4, 0.5) is 17.6 Å². The molecule has 0 unspecified atom stereocenters. The molecule has 2 aromatic rings. The summed E-state index contributed by atoms with van der Waals surface area (Å²) < 4.78 is 50.2. The molecular weight excluding hydrogens is 236 g/mol. The van der Waals surface area contributed by atoms with E-state index in [0.29, 0.717) is 5.56 Å². The van der Waals surface area contributed by atoms with Gasteiger partial charge in [-0.25, -0.2) is 8.78 Å². The summed E-state index contributed by atoms with van der Waals surface area (Å²) in [6, 6.07) is 9.40. The predicted octanol–water partition coefficient (Wildman–Crippen LogP) is 3.43. The molecule has 90 valence electrons. The number of rotatable bonds is 3. The normalized spacial score (nSPS) is 12.1. The van der Waals surface area contributed by atoms with Crippen LogP contribution in [0, 0.1) is 0 Å². The highest BCUT2D eigenvalue weighted by Gasteiger charge is 2.44. The average Bonchev–Trinajstić information content (AvgIpc) is 2.80. The number of benzene rings is 1. The molecule has 0 saturated carbocycles. The van der Waals surface area contributed by atoms with Crippen LogP contribution in [0.15, 0.2) is 36.4 Å². The van der Waals surface area contributed by atoms with Crippen molar-refractivity contribution in [2.45, 2.75) is 12.3 Å². The first-order valence-electron chi connectivity index (χ1n) is 4.79. The smallest absolute Gasteiger partial charge is 0.276 e. The Morgan fingerprint density at radius 2 is 1.76 bits per heavy atom. The van der Waals surface area contributed by atoms with Gasteiger partial charge in [-0.05, 0) is 6.07 Å². The molecule has 2 nitrogen and oxygen atoms in total. The highest BCUT2D eigenvalue weighted by Crippen LogP contribution is 2.34. The second kappa shape index (κ2) is 4.20. The van der Waals surface area contributed by atoms with E-state index in [1.807, 2.05) is 5.10 Å². The number of alkyl halides is 4. The molecule has 0 bridgehead atoms. The fraction of sp³-hybridized carbons (Fsp3) is 0.182. The summed E-state index contributed by atoms with van der Waals surface area (Å²) in [5.74, 6) is -4.21. The van der Waals surface area contributed by atoms with Crippen LogP contribution in [-0.2, 0) is 5.92 Å². The van der Waals surface area contributed by atoms with E-state index in [-0.39, 0.29) is 5.69 Å². The Morgan fingerprint density at radius 1 is 1.12 bits per heavy atom. The van der Waals surface area contributed by atoms with Crippen molar-refractivity contribution in [1.82, 2.24) is 10.2 Å². The molecule has 1 aromatic carbocycles. The van der Waals surface area contributed by atoms with Crippen LogP contribution >= 0.6 is 0 Å². The molecule has 1 heterocycles. The molecule has 0 aliphatic heterocycles. The molecule has 0 saturated heterocycles.